The molecule has 0 bridgehead atoms. The molecule has 10 nitrogen and oxygen atoms in total. The van der Waals surface area contributed by atoms with E-state index in [0.29, 0.717) is 45.3 Å². The standard InChI is InChI=1S/C35H42FN7O3/c1-24-8-5-9-26-10-6-11-30(31(24)26)41-17-13-28-29(21-41)38-34(46-23-35(22-45-4)14-7-16-40(35)3)39-32(28)42-18-19-43(33(44)25(2)36)27(20-42)12-15-37/h5-6,8-11,27H,2,7,12-14,16-23H2,1,3-4H3/t27-,35-/m0/s1. The van der Waals surface area contributed by atoms with E-state index in [1.807, 2.05) is 0 Å². The fraction of sp³-hybridized carbons (Fsp3) is 0.486. The van der Waals surface area contributed by atoms with Gasteiger partial charge in [-0.05, 0) is 56.8 Å². The number of likely N-dealkylation sites (N-methyl/N-ethyl adjacent to an activating group) is 1. The van der Waals surface area contributed by atoms with Gasteiger partial charge in [0, 0.05) is 49.9 Å². The van der Waals surface area contributed by atoms with Crippen molar-refractivity contribution in [2.24, 2.45) is 0 Å². The van der Waals surface area contributed by atoms with Crippen LogP contribution in [0.25, 0.3) is 10.8 Å². The summed E-state index contributed by atoms with van der Waals surface area (Å²) >= 11 is 0. The van der Waals surface area contributed by atoms with Crippen LogP contribution in [0.5, 0.6) is 6.01 Å². The van der Waals surface area contributed by atoms with E-state index in [-0.39, 0.29) is 18.5 Å². The number of halogens is 1. The van der Waals surface area contributed by atoms with Crippen LogP contribution in [-0.2, 0) is 22.5 Å². The number of nitriles is 1. The summed E-state index contributed by atoms with van der Waals surface area (Å²) in [5, 5.41) is 12.0. The maximum absolute atomic E-state index is 13.9. The lowest BCUT2D eigenvalue weighted by Gasteiger charge is -2.42. The molecule has 4 heterocycles. The number of nitrogens with zero attached hydrogens (tertiary/aromatic N) is 7. The molecule has 1 aromatic heterocycles. The lowest BCUT2D eigenvalue weighted by atomic mass is 9.99. The predicted molar refractivity (Wildman–Crippen MR) is 176 cm³/mol. The van der Waals surface area contributed by atoms with Crippen molar-refractivity contribution < 1.29 is 18.7 Å². The molecule has 11 heteroatoms. The summed E-state index contributed by atoms with van der Waals surface area (Å²) in [7, 11) is 3.81. The molecule has 2 aromatic carbocycles. The van der Waals surface area contributed by atoms with Gasteiger partial charge in [-0.1, -0.05) is 36.9 Å². The molecule has 3 aliphatic rings. The molecular formula is C35H42FN7O3. The SMILES string of the molecule is C=C(F)C(=O)N1CCN(c2nc(OC[C@@]3(COC)CCCN3C)nc3c2CCN(c2cccc4cccc(C)c24)C3)C[C@@H]1CC#N. The van der Waals surface area contributed by atoms with Gasteiger partial charge in [-0.15, -0.1) is 0 Å². The number of rotatable bonds is 9. The molecule has 0 unspecified atom stereocenters. The van der Waals surface area contributed by atoms with Gasteiger partial charge in [-0.3, -0.25) is 9.69 Å². The number of amides is 1. The minimum Gasteiger partial charge on any atom is -0.461 e. The summed E-state index contributed by atoms with van der Waals surface area (Å²) in [6.45, 7) is 9.64. The minimum atomic E-state index is -1.02. The van der Waals surface area contributed by atoms with Crippen molar-refractivity contribution in [3.63, 3.8) is 0 Å². The summed E-state index contributed by atoms with van der Waals surface area (Å²) in [4.78, 5) is 30.8. The third kappa shape index (κ3) is 5.99. The summed E-state index contributed by atoms with van der Waals surface area (Å²) in [6.07, 6.45) is 2.81. The van der Waals surface area contributed by atoms with E-state index in [1.54, 1.807) is 7.11 Å². The second-order valence-corrected chi connectivity index (χ2v) is 12.7. The smallest absolute Gasteiger partial charge is 0.318 e. The van der Waals surface area contributed by atoms with Gasteiger partial charge >= 0.3 is 6.01 Å². The Balaban J connectivity index is 1.36. The number of likely N-dealkylation sites (tertiary alicyclic amines) is 1. The fourth-order valence-corrected chi connectivity index (χ4v) is 7.39. The molecule has 46 heavy (non-hydrogen) atoms. The van der Waals surface area contributed by atoms with Crippen LogP contribution >= 0.6 is 0 Å². The molecule has 1 amide bonds. The second-order valence-electron chi connectivity index (χ2n) is 12.7. The highest BCUT2D eigenvalue weighted by Crippen LogP contribution is 2.36. The Labute approximate surface area is 270 Å². The van der Waals surface area contributed by atoms with E-state index in [4.69, 9.17) is 19.4 Å². The average Bonchev–Trinajstić information content (AvgIpc) is 3.42. The van der Waals surface area contributed by atoms with E-state index < -0.39 is 17.8 Å². The van der Waals surface area contributed by atoms with Gasteiger partial charge in [0.2, 0.25) is 0 Å². The molecule has 3 aliphatic heterocycles. The highest BCUT2D eigenvalue weighted by Gasteiger charge is 2.40. The molecule has 6 rings (SSSR count). The van der Waals surface area contributed by atoms with Crippen molar-refractivity contribution in [1.29, 1.82) is 5.26 Å². The van der Waals surface area contributed by atoms with Crippen LogP contribution in [-0.4, -0.2) is 97.4 Å². The number of aromatic nitrogens is 2. The summed E-state index contributed by atoms with van der Waals surface area (Å²) in [6, 6.07) is 14.8. The molecule has 0 radical (unpaired) electrons. The highest BCUT2D eigenvalue weighted by atomic mass is 19.1. The Morgan fingerprint density at radius 2 is 1.93 bits per heavy atom. The van der Waals surface area contributed by atoms with Crippen molar-refractivity contribution in [3.05, 3.63) is 65.6 Å². The number of ether oxygens (including phenoxy) is 2. The number of piperazine rings is 1. The molecule has 0 spiro atoms. The molecule has 3 aromatic rings. The van der Waals surface area contributed by atoms with Gasteiger partial charge < -0.3 is 24.2 Å². The Hall–Kier alpha value is -4.27. The number of fused-ring (bicyclic) bond motifs is 2. The zero-order chi connectivity index (χ0) is 32.4. The zero-order valence-electron chi connectivity index (χ0n) is 27.0. The van der Waals surface area contributed by atoms with E-state index in [9.17, 15) is 14.4 Å². The molecular weight excluding hydrogens is 585 g/mol. The van der Waals surface area contributed by atoms with Crippen molar-refractivity contribution in [3.8, 4) is 12.1 Å². The summed E-state index contributed by atoms with van der Waals surface area (Å²) in [5.74, 6) is -1.03. The number of methoxy groups -OCH3 is 1. The van der Waals surface area contributed by atoms with Crippen LogP contribution in [0.1, 0.15) is 36.1 Å². The lowest BCUT2D eigenvalue weighted by Crippen LogP contribution is -2.56. The van der Waals surface area contributed by atoms with Gasteiger partial charge in [0.15, 0.2) is 5.83 Å². The Bertz CT molecular complexity index is 1670. The van der Waals surface area contributed by atoms with Gasteiger partial charge in [0.05, 0.1) is 42.9 Å². The monoisotopic (exact) mass is 627 g/mol. The third-order valence-corrected chi connectivity index (χ3v) is 9.88. The van der Waals surface area contributed by atoms with Crippen LogP contribution in [0.3, 0.4) is 0 Å². The molecule has 2 saturated heterocycles. The van der Waals surface area contributed by atoms with E-state index >= 15 is 0 Å². The number of hydrogen-bond donors (Lipinski definition) is 0. The van der Waals surface area contributed by atoms with Crippen LogP contribution in [0.4, 0.5) is 15.9 Å². The number of carbonyl (C=O) groups is 1. The van der Waals surface area contributed by atoms with Crippen LogP contribution in [0.2, 0.25) is 0 Å². The minimum absolute atomic E-state index is 0.0756. The van der Waals surface area contributed by atoms with Crippen LogP contribution < -0.4 is 14.5 Å². The maximum Gasteiger partial charge on any atom is 0.318 e. The predicted octanol–water partition coefficient (Wildman–Crippen LogP) is 4.40. The third-order valence-electron chi connectivity index (χ3n) is 9.88. The van der Waals surface area contributed by atoms with Gasteiger partial charge in [-0.2, -0.15) is 15.2 Å². The van der Waals surface area contributed by atoms with Gasteiger partial charge in [-0.25, -0.2) is 4.39 Å². The number of benzene rings is 2. The van der Waals surface area contributed by atoms with Crippen LogP contribution in [0.15, 0.2) is 48.8 Å². The van der Waals surface area contributed by atoms with Gasteiger partial charge in [0.25, 0.3) is 5.91 Å². The van der Waals surface area contributed by atoms with Crippen molar-refractivity contribution in [2.45, 2.75) is 50.7 Å². The summed E-state index contributed by atoms with van der Waals surface area (Å²) in [5.41, 5.74) is 4.06. The largest absolute Gasteiger partial charge is 0.461 e. The topological polar surface area (TPSA) is 98.1 Å². The first kappa shape index (κ1) is 31.7. The Kier molecular flexibility index (Phi) is 9.11. The van der Waals surface area contributed by atoms with Crippen molar-refractivity contribution in [1.82, 2.24) is 19.8 Å². The molecule has 0 aliphatic carbocycles. The number of aryl methyl sites for hydroxylation is 1. The lowest BCUT2D eigenvalue weighted by molar-refractivity contribution is -0.131. The first-order chi connectivity index (χ1) is 22.2. The summed E-state index contributed by atoms with van der Waals surface area (Å²) < 4.78 is 25.9. The number of hydrogen-bond acceptors (Lipinski definition) is 9. The van der Waals surface area contributed by atoms with E-state index in [0.717, 1.165) is 43.0 Å². The Morgan fingerprint density at radius 1 is 1.13 bits per heavy atom. The normalized spacial score (nSPS) is 21.7. The molecule has 242 valence electrons. The second kappa shape index (κ2) is 13.2. The van der Waals surface area contributed by atoms with Gasteiger partial charge in [0.1, 0.15) is 12.4 Å². The molecule has 0 saturated carbocycles. The zero-order valence-corrected chi connectivity index (χ0v) is 27.0. The van der Waals surface area contributed by atoms with Crippen molar-refractivity contribution >= 4 is 28.2 Å². The van der Waals surface area contributed by atoms with E-state index in [1.165, 1.54) is 26.9 Å². The number of carbonyl (C=O) groups excluding carboxylic acids is 1. The van der Waals surface area contributed by atoms with Crippen LogP contribution in [0, 0.1) is 18.3 Å². The quantitative estimate of drug-likeness (QED) is 0.320. The molecule has 0 N–H and O–H groups in total. The van der Waals surface area contributed by atoms with E-state index in [2.05, 4.69) is 77.7 Å². The Morgan fingerprint density at radius 3 is 2.65 bits per heavy atom. The first-order valence-electron chi connectivity index (χ1n) is 16.0. The maximum atomic E-state index is 13.9. The molecule has 2 fully saturated rings. The fourth-order valence-electron chi connectivity index (χ4n) is 7.39. The first-order valence-corrected chi connectivity index (χ1v) is 16.0. The van der Waals surface area contributed by atoms with Crippen molar-refractivity contribution in [2.75, 3.05) is 69.9 Å². The highest BCUT2D eigenvalue weighted by molar-refractivity contribution is 5.97. The average molecular weight is 628 g/mol. The number of anilines is 2. The molecule has 2 atom stereocenters.